The molecular formula is C23H22N4OS. The summed E-state index contributed by atoms with van der Waals surface area (Å²) in [5, 5.41) is 3.71. The van der Waals surface area contributed by atoms with Crippen LogP contribution in [0.5, 0.6) is 0 Å². The highest BCUT2D eigenvalue weighted by Gasteiger charge is 2.18. The summed E-state index contributed by atoms with van der Waals surface area (Å²) in [6, 6.07) is 15.8. The molecule has 5 nitrogen and oxygen atoms in total. The quantitative estimate of drug-likeness (QED) is 0.473. The first-order chi connectivity index (χ1) is 14.0. The van der Waals surface area contributed by atoms with Gasteiger partial charge in [-0.15, -0.1) is 0 Å². The molecular weight excluding hydrogens is 380 g/mol. The van der Waals surface area contributed by atoms with Gasteiger partial charge in [-0.2, -0.15) is 0 Å². The maximum Gasteiger partial charge on any atom is 0.234 e. The predicted molar refractivity (Wildman–Crippen MR) is 119 cm³/mol. The van der Waals surface area contributed by atoms with Crippen molar-refractivity contribution in [2.45, 2.75) is 25.9 Å². The minimum Gasteiger partial charge on any atom is -0.325 e. The Kier molecular flexibility index (Phi) is 5.36. The summed E-state index contributed by atoms with van der Waals surface area (Å²) >= 11 is 1.43. The molecule has 0 aliphatic rings. The molecule has 4 rings (SSSR count). The van der Waals surface area contributed by atoms with Crippen LogP contribution in [0, 0.1) is 20.8 Å². The summed E-state index contributed by atoms with van der Waals surface area (Å²) in [6.45, 7) is 6.32. The van der Waals surface area contributed by atoms with Gasteiger partial charge in [0.1, 0.15) is 5.52 Å². The van der Waals surface area contributed by atoms with Crippen LogP contribution in [0.15, 0.2) is 66.1 Å². The summed E-state index contributed by atoms with van der Waals surface area (Å²) in [7, 11) is 0. The van der Waals surface area contributed by atoms with Crippen LogP contribution in [0.3, 0.4) is 0 Å². The Hall–Kier alpha value is -3.12. The third kappa shape index (κ3) is 4.03. The standard InChI is InChI=1S/C23H22N4OS/c1-15-11-16(2)22(17(3)12-15)27-20-9-10-24-13-19(20)26-23(27)29-14-21(28)25-18-7-5-4-6-8-18/h4-13H,14H2,1-3H3,(H,25,28). The molecule has 1 N–H and O–H groups in total. The number of anilines is 1. The van der Waals surface area contributed by atoms with Gasteiger partial charge in [0, 0.05) is 11.9 Å². The van der Waals surface area contributed by atoms with Crippen LogP contribution in [0.25, 0.3) is 16.7 Å². The molecule has 0 radical (unpaired) electrons. The van der Waals surface area contributed by atoms with Gasteiger partial charge in [-0.25, -0.2) is 4.98 Å². The van der Waals surface area contributed by atoms with Gasteiger partial charge >= 0.3 is 0 Å². The topological polar surface area (TPSA) is 59.8 Å². The van der Waals surface area contributed by atoms with E-state index in [4.69, 9.17) is 4.98 Å². The van der Waals surface area contributed by atoms with Crippen molar-refractivity contribution in [1.82, 2.24) is 14.5 Å². The highest BCUT2D eigenvalue weighted by Crippen LogP contribution is 2.31. The highest BCUT2D eigenvalue weighted by atomic mass is 32.2. The summed E-state index contributed by atoms with van der Waals surface area (Å²) in [5.74, 6) is 0.213. The average Bonchev–Trinajstić information content (AvgIpc) is 3.05. The van der Waals surface area contributed by atoms with E-state index in [2.05, 4.69) is 47.8 Å². The van der Waals surface area contributed by atoms with E-state index >= 15 is 0 Å². The monoisotopic (exact) mass is 402 g/mol. The molecule has 1 amide bonds. The zero-order chi connectivity index (χ0) is 20.4. The Bertz CT molecular complexity index is 1160. The molecule has 0 saturated carbocycles. The fourth-order valence-corrected chi connectivity index (χ4v) is 4.41. The second kappa shape index (κ2) is 8.09. The molecule has 0 saturated heterocycles. The fraction of sp³-hybridized carbons (Fsp3) is 0.174. The summed E-state index contributed by atoms with van der Waals surface area (Å²) in [5.41, 5.74) is 7.28. The van der Waals surface area contributed by atoms with Gasteiger partial charge in [0.2, 0.25) is 5.91 Å². The van der Waals surface area contributed by atoms with Crippen LogP contribution in [0.1, 0.15) is 16.7 Å². The lowest BCUT2D eigenvalue weighted by atomic mass is 10.0. The first kappa shape index (κ1) is 19.2. The molecule has 146 valence electrons. The Labute approximate surface area is 174 Å². The lowest BCUT2D eigenvalue weighted by molar-refractivity contribution is -0.113. The smallest absolute Gasteiger partial charge is 0.234 e. The first-order valence-electron chi connectivity index (χ1n) is 9.41. The molecule has 2 aromatic carbocycles. The van der Waals surface area contributed by atoms with E-state index in [1.165, 1.54) is 28.5 Å². The number of hydrogen-bond donors (Lipinski definition) is 1. The number of pyridine rings is 1. The van der Waals surface area contributed by atoms with Crippen molar-refractivity contribution in [2.24, 2.45) is 0 Å². The summed E-state index contributed by atoms with van der Waals surface area (Å²) < 4.78 is 2.14. The van der Waals surface area contributed by atoms with Gasteiger partial charge in [0.15, 0.2) is 5.16 Å². The number of hydrogen-bond acceptors (Lipinski definition) is 4. The molecule has 2 heterocycles. The number of rotatable bonds is 5. The maximum atomic E-state index is 12.4. The predicted octanol–water partition coefficient (Wildman–Crippen LogP) is 5.08. The number of carbonyl (C=O) groups is 1. The average molecular weight is 403 g/mol. The molecule has 0 fully saturated rings. The van der Waals surface area contributed by atoms with Crippen LogP contribution in [0.2, 0.25) is 0 Å². The van der Waals surface area contributed by atoms with Gasteiger partial charge < -0.3 is 5.32 Å². The van der Waals surface area contributed by atoms with E-state index in [1.54, 1.807) is 12.4 Å². The summed E-state index contributed by atoms with van der Waals surface area (Å²) in [4.78, 5) is 21.4. The summed E-state index contributed by atoms with van der Waals surface area (Å²) in [6.07, 6.45) is 3.54. The second-order valence-corrected chi connectivity index (χ2v) is 7.99. The lowest BCUT2D eigenvalue weighted by Gasteiger charge is -2.16. The minimum atomic E-state index is -0.0599. The Balaban J connectivity index is 1.68. The Morgan fingerprint density at radius 2 is 1.79 bits per heavy atom. The van der Waals surface area contributed by atoms with Crippen LogP contribution in [-0.4, -0.2) is 26.2 Å². The molecule has 0 aliphatic carbocycles. The number of fused-ring (bicyclic) bond motifs is 1. The number of benzene rings is 2. The van der Waals surface area contributed by atoms with Crippen LogP contribution in [0.4, 0.5) is 5.69 Å². The van der Waals surface area contributed by atoms with E-state index in [0.717, 1.165) is 27.6 Å². The van der Waals surface area contributed by atoms with Gasteiger partial charge in [0.25, 0.3) is 0 Å². The highest BCUT2D eigenvalue weighted by molar-refractivity contribution is 7.99. The largest absolute Gasteiger partial charge is 0.325 e. The van der Waals surface area contributed by atoms with E-state index in [9.17, 15) is 4.79 Å². The molecule has 2 aromatic heterocycles. The third-order valence-electron chi connectivity index (χ3n) is 4.67. The van der Waals surface area contributed by atoms with Crippen molar-refractivity contribution in [1.29, 1.82) is 0 Å². The van der Waals surface area contributed by atoms with Crippen molar-refractivity contribution < 1.29 is 4.79 Å². The van der Waals surface area contributed by atoms with Crippen molar-refractivity contribution in [2.75, 3.05) is 11.1 Å². The number of nitrogens with zero attached hydrogens (tertiary/aromatic N) is 3. The number of para-hydroxylation sites is 1. The maximum absolute atomic E-state index is 12.4. The van der Waals surface area contributed by atoms with Crippen LogP contribution in [-0.2, 0) is 4.79 Å². The van der Waals surface area contributed by atoms with Crippen molar-refractivity contribution in [3.63, 3.8) is 0 Å². The van der Waals surface area contributed by atoms with Crippen LogP contribution < -0.4 is 5.32 Å². The van der Waals surface area contributed by atoms with Gasteiger partial charge in [-0.05, 0) is 50.1 Å². The van der Waals surface area contributed by atoms with E-state index in [-0.39, 0.29) is 11.7 Å². The lowest BCUT2D eigenvalue weighted by Crippen LogP contribution is -2.14. The van der Waals surface area contributed by atoms with Gasteiger partial charge in [0.05, 0.1) is 23.2 Å². The molecule has 4 aromatic rings. The zero-order valence-electron chi connectivity index (χ0n) is 16.6. The number of amides is 1. The number of aryl methyl sites for hydroxylation is 3. The van der Waals surface area contributed by atoms with Crippen molar-refractivity contribution >= 4 is 34.4 Å². The second-order valence-electron chi connectivity index (χ2n) is 7.04. The fourth-order valence-electron chi connectivity index (χ4n) is 3.60. The normalized spacial score (nSPS) is 11.0. The minimum absolute atomic E-state index is 0.0599. The van der Waals surface area contributed by atoms with Gasteiger partial charge in [-0.3, -0.25) is 14.3 Å². The Morgan fingerprint density at radius 3 is 2.52 bits per heavy atom. The first-order valence-corrected chi connectivity index (χ1v) is 10.4. The number of imidazole rings is 1. The van der Waals surface area contributed by atoms with Crippen molar-refractivity contribution in [3.8, 4) is 5.69 Å². The van der Waals surface area contributed by atoms with Gasteiger partial charge in [-0.1, -0.05) is 47.7 Å². The van der Waals surface area contributed by atoms with E-state index < -0.39 is 0 Å². The number of aromatic nitrogens is 3. The molecule has 0 atom stereocenters. The molecule has 0 spiro atoms. The number of carbonyl (C=O) groups excluding carboxylic acids is 1. The number of thioether (sulfide) groups is 1. The number of nitrogens with one attached hydrogen (secondary N) is 1. The van der Waals surface area contributed by atoms with Crippen molar-refractivity contribution in [3.05, 3.63) is 77.6 Å². The molecule has 0 bridgehead atoms. The van der Waals surface area contributed by atoms with Crippen LogP contribution >= 0.6 is 11.8 Å². The SMILES string of the molecule is Cc1cc(C)c(-n2c(SCC(=O)Nc3ccccc3)nc3cnccc32)c(C)c1. The molecule has 29 heavy (non-hydrogen) atoms. The molecule has 0 aliphatic heterocycles. The van der Waals surface area contributed by atoms with E-state index in [1.807, 2.05) is 36.4 Å². The Morgan fingerprint density at radius 1 is 1.07 bits per heavy atom. The molecule has 0 unspecified atom stereocenters. The molecule has 6 heteroatoms. The third-order valence-corrected chi connectivity index (χ3v) is 5.61. The van der Waals surface area contributed by atoms with E-state index in [0.29, 0.717) is 0 Å². The zero-order valence-corrected chi connectivity index (χ0v) is 17.5.